The summed E-state index contributed by atoms with van der Waals surface area (Å²) in [6, 6.07) is 8.48. The number of benzene rings is 1. The van der Waals surface area contributed by atoms with Gasteiger partial charge in [0.15, 0.2) is 0 Å². The summed E-state index contributed by atoms with van der Waals surface area (Å²) in [7, 11) is -0.178. The molecule has 3 nitrogen and oxygen atoms in total. The Morgan fingerprint density at radius 3 is 2.12 bits per heavy atom. The molecule has 0 spiro atoms. The van der Waals surface area contributed by atoms with E-state index in [9.17, 15) is 0 Å². The minimum absolute atomic E-state index is 0. The molecule has 1 aliphatic rings. The first kappa shape index (κ1) is 26.2. The Hall–Kier alpha value is 0.221. The zero-order chi connectivity index (χ0) is 18.5. The van der Waals surface area contributed by atoms with Gasteiger partial charge in [0.2, 0.25) is 0 Å². The van der Waals surface area contributed by atoms with Crippen LogP contribution in [-0.2, 0) is 20.9 Å². The van der Waals surface area contributed by atoms with Crippen LogP contribution in [0.3, 0.4) is 0 Å². The van der Waals surface area contributed by atoms with E-state index in [0.29, 0.717) is 0 Å². The Bertz CT molecular complexity index is 758. The molecule has 1 atom stereocenters. The molecule has 1 aliphatic carbocycles. The van der Waals surface area contributed by atoms with Crippen LogP contribution in [0.15, 0.2) is 30.3 Å². The van der Waals surface area contributed by atoms with Crippen molar-refractivity contribution in [3.05, 3.63) is 41.5 Å². The molecule has 1 N–H and O–H groups in total. The van der Waals surface area contributed by atoms with Gasteiger partial charge < -0.3 is 0 Å². The molecule has 1 aromatic rings. The number of hydrogen-bond donors (Lipinski definition) is 1. The normalized spacial score (nSPS) is 19.6. The van der Waals surface area contributed by atoms with E-state index >= 15 is 0 Å². The van der Waals surface area contributed by atoms with E-state index in [0.717, 1.165) is 0 Å². The molecule has 1 unspecified atom stereocenters. The molecule has 26 heavy (non-hydrogen) atoms. The summed E-state index contributed by atoms with van der Waals surface area (Å²) < 4.78 is 17.3. The van der Waals surface area contributed by atoms with Crippen LogP contribution < -0.4 is 3.80 Å². The van der Waals surface area contributed by atoms with Crippen LogP contribution in [0.25, 0.3) is 6.08 Å². The van der Waals surface area contributed by atoms with Gasteiger partial charge in [-0.15, -0.1) is 24.8 Å². The molecule has 0 saturated heterocycles. The minimum atomic E-state index is -4.88. The second-order valence-electron chi connectivity index (χ2n) is 9.90. The fourth-order valence-electron chi connectivity index (χ4n) is 4.54. The van der Waals surface area contributed by atoms with Crippen molar-refractivity contribution in [3.63, 3.8) is 0 Å². The fraction of sp³-hybridized carbons (Fsp3) is 0.526. The molecule has 7 heteroatoms. The third-order valence-corrected chi connectivity index (χ3v) is 20.1. The van der Waals surface area contributed by atoms with Crippen LogP contribution in [0.2, 0.25) is 24.9 Å². The Balaban J connectivity index is 0.00000312. The molecule has 151 valence electrons. The van der Waals surface area contributed by atoms with Gasteiger partial charge in [-0.05, 0) is 0 Å². The van der Waals surface area contributed by atoms with E-state index < -0.39 is 22.9 Å². The Kier molecular flexibility index (Phi) is 7.30. The molecule has 0 amide bonds. The average Bonchev–Trinajstić information content (AvgIpc) is 2.79. The van der Waals surface area contributed by atoms with E-state index in [2.05, 4.69) is 85.9 Å². The third kappa shape index (κ3) is 4.98. The molecular formula is C19H36Cl2NO2SiTi. The van der Waals surface area contributed by atoms with Crippen LogP contribution in [-0.4, -0.2) is 25.8 Å². The van der Waals surface area contributed by atoms with E-state index in [4.69, 9.17) is 11.1 Å². The van der Waals surface area contributed by atoms with Gasteiger partial charge >= 0.3 is 148 Å². The molecule has 0 radical (unpaired) electrons. The van der Waals surface area contributed by atoms with Gasteiger partial charge in [-0.2, -0.15) is 0 Å². The fourth-order valence-corrected chi connectivity index (χ4v) is 24.5. The quantitative estimate of drug-likeness (QED) is 0.556. The van der Waals surface area contributed by atoms with Gasteiger partial charge in [0.05, 0.1) is 0 Å². The van der Waals surface area contributed by atoms with Gasteiger partial charge in [0.25, 0.3) is 0 Å². The van der Waals surface area contributed by atoms with Gasteiger partial charge in [-0.25, -0.2) is 0 Å². The van der Waals surface area contributed by atoms with Crippen LogP contribution >= 0.6 is 24.8 Å². The molecular weight excluding hydrogens is 421 g/mol. The van der Waals surface area contributed by atoms with Crippen molar-refractivity contribution < 1.29 is 20.9 Å². The summed E-state index contributed by atoms with van der Waals surface area (Å²) in [4.78, 5) is 4.82. The van der Waals surface area contributed by atoms with Gasteiger partial charge in [-0.1, -0.05) is 0 Å². The monoisotopic (exact) mass is 456 g/mol. The third-order valence-electron chi connectivity index (χ3n) is 4.79. The van der Waals surface area contributed by atoms with Gasteiger partial charge in [0.1, 0.15) is 0 Å². The van der Waals surface area contributed by atoms with Crippen LogP contribution in [0.4, 0.5) is 0 Å². The number of hydrogen-bond acceptors (Lipinski definition) is 3. The van der Waals surface area contributed by atoms with E-state index in [1.807, 2.05) is 0 Å². The average molecular weight is 457 g/mol. The zero-order valence-electron chi connectivity index (χ0n) is 17.4. The van der Waals surface area contributed by atoms with E-state index in [1.54, 1.807) is 7.11 Å². The second-order valence-corrected chi connectivity index (χ2v) is 25.5. The molecule has 1 aromatic carbocycles. The second kappa shape index (κ2) is 7.24. The number of fused-ring (bicyclic) bond motifs is 1. The first-order chi connectivity index (χ1) is 10.6. The van der Waals surface area contributed by atoms with Gasteiger partial charge in [-0.3, -0.25) is 0 Å². The summed E-state index contributed by atoms with van der Waals surface area (Å²) >= 11 is -4.88. The summed E-state index contributed by atoms with van der Waals surface area (Å²) in [5.74, 6) is 0. The molecule has 0 heterocycles. The summed E-state index contributed by atoms with van der Waals surface area (Å²) in [5.41, 5.74) is 2.30. The molecule has 0 saturated carbocycles. The molecule has 0 aliphatic heterocycles. The van der Waals surface area contributed by atoms with Crippen LogP contribution in [0.5, 0.6) is 0 Å². The number of nitrogens with one attached hydrogen (secondary N) is 1. The maximum absolute atomic E-state index is 7.00. The van der Waals surface area contributed by atoms with Crippen LogP contribution in [0.1, 0.15) is 36.1 Å². The number of rotatable bonds is 5. The summed E-state index contributed by atoms with van der Waals surface area (Å²) in [5, 5.41) is 2.15. The predicted octanol–water partition coefficient (Wildman–Crippen LogP) is 5.93. The molecule has 0 bridgehead atoms. The van der Waals surface area contributed by atoms with Crippen LogP contribution in [0, 0.1) is 0 Å². The van der Waals surface area contributed by atoms with E-state index in [1.165, 1.54) is 11.1 Å². The topological polar surface area (TPSA) is 30.5 Å². The maximum atomic E-state index is 7.00. The zero-order valence-corrected chi connectivity index (χ0v) is 21.6. The van der Waals surface area contributed by atoms with Crippen molar-refractivity contribution in [1.82, 2.24) is 3.80 Å². The van der Waals surface area contributed by atoms with E-state index in [-0.39, 0.29) is 34.6 Å². The SMILES string of the molecule is Cl.Cl.[CH2]=[Ti]([CH3])([NH]C(C)(C)C)([O]C)([O][Si](C)(C)C)[CH]1C=Cc2ccccc21. The van der Waals surface area contributed by atoms with Crippen molar-refractivity contribution in [2.75, 3.05) is 7.11 Å². The molecule has 0 aromatic heterocycles. The van der Waals surface area contributed by atoms with Crippen molar-refractivity contribution >= 4 is 44.0 Å². The van der Waals surface area contributed by atoms with Crippen molar-refractivity contribution in [1.29, 1.82) is 0 Å². The first-order valence-corrected chi connectivity index (χ1v) is 17.8. The Labute approximate surface area is 172 Å². The number of allylic oxidation sites excluding steroid dienone is 1. The predicted molar refractivity (Wildman–Crippen MR) is 120 cm³/mol. The standard InChI is InChI=1S/C9H7.C4H10N.C3H9OSi.CH3O.CH3.CH2.2ClH.Ti/c1-2-5-9-7-3-6-8(9)4-1;1-4(2,3)5;1-5(2,3)4;1-2;;;;;/h1-7H;5H,1-3H3;1-3H3;1H3;1H3;1H2;2*1H;/q;3*-1;;;;;+3. The molecule has 2 rings (SSSR count). The summed E-state index contributed by atoms with van der Waals surface area (Å²) in [6.45, 7) is 13.1. The van der Waals surface area contributed by atoms with Crippen molar-refractivity contribution in [2.45, 2.75) is 55.4 Å². The first-order valence-electron chi connectivity index (χ1n) is 8.73. The van der Waals surface area contributed by atoms with Crippen molar-refractivity contribution in [2.24, 2.45) is 0 Å². The Morgan fingerprint density at radius 2 is 1.65 bits per heavy atom. The summed E-state index contributed by atoms with van der Waals surface area (Å²) in [6.07, 6.45) is 4.40. The Morgan fingerprint density at radius 1 is 1.12 bits per heavy atom. The molecule has 0 fully saturated rings. The number of halogens is 2. The van der Waals surface area contributed by atoms with Crippen molar-refractivity contribution in [3.8, 4) is 0 Å². The van der Waals surface area contributed by atoms with Gasteiger partial charge in [0, 0.05) is 0 Å².